The summed E-state index contributed by atoms with van der Waals surface area (Å²) in [5, 5.41) is 4.06. The molecule has 2 amide bonds. The van der Waals surface area contributed by atoms with Crippen LogP contribution in [-0.2, 0) is 26.2 Å². The van der Waals surface area contributed by atoms with Crippen LogP contribution in [0.4, 0.5) is 5.69 Å². The molecular weight excluding hydrogens is 545 g/mol. The molecule has 0 aliphatic carbocycles. The number of anilines is 1. The monoisotopic (exact) mass is 575 g/mol. The summed E-state index contributed by atoms with van der Waals surface area (Å²) in [6.45, 7) is 6.07. The predicted octanol–water partition coefficient (Wildman–Crippen LogP) is 5.44. The molecule has 0 spiro atoms. The van der Waals surface area contributed by atoms with E-state index in [9.17, 15) is 18.0 Å². The maximum Gasteiger partial charge on any atom is 0.242 e. The van der Waals surface area contributed by atoms with Crippen molar-refractivity contribution in [1.82, 2.24) is 10.2 Å². The smallest absolute Gasteiger partial charge is 0.242 e. The summed E-state index contributed by atoms with van der Waals surface area (Å²) in [5.41, 5.74) is 1.87. The van der Waals surface area contributed by atoms with Crippen LogP contribution in [0.2, 0.25) is 15.1 Å². The zero-order valence-corrected chi connectivity index (χ0v) is 23.9. The SMILES string of the molecule is CCNC(=O)C(CC)N(Cc1ccc(Cl)cc1Cl)C(=O)CCCN(c1cc(Cl)ccc1C)S(C)(=O)=O. The van der Waals surface area contributed by atoms with Gasteiger partial charge in [-0.1, -0.05) is 53.9 Å². The molecule has 0 aromatic heterocycles. The van der Waals surface area contributed by atoms with Gasteiger partial charge < -0.3 is 10.2 Å². The summed E-state index contributed by atoms with van der Waals surface area (Å²) in [6.07, 6.45) is 1.80. The van der Waals surface area contributed by atoms with Crippen molar-refractivity contribution in [3.05, 3.63) is 62.6 Å². The molecule has 0 radical (unpaired) electrons. The average molecular weight is 577 g/mol. The van der Waals surface area contributed by atoms with Gasteiger partial charge in [-0.2, -0.15) is 0 Å². The molecule has 0 bridgehead atoms. The first-order valence-corrected chi connectivity index (χ1v) is 14.6. The normalized spacial score (nSPS) is 12.2. The maximum absolute atomic E-state index is 13.4. The number of carbonyl (C=O) groups is 2. The number of likely N-dealkylation sites (N-methyl/N-ethyl adjacent to an activating group) is 1. The molecule has 2 aromatic carbocycles. The second-order valence-corrected chi connectivity index (χ2v) is 11.6. The van der Waals surface area contributed by atoms with E-state index in [0.717, 1.165) is 11.8 Å². The minimum Gasteiger partial charge on any atom is -0.355 e. The van der Waals surface area contributed by atoms with E-state index in [4.69, 9.17) is 34.8 Å². The molecule has 7 nitrogen and oxygen atoms in total. The van der Waals surface area contributed by atoms with Crippen LogP contribution in [0, 0.1) is 6.92 Å². The van der Waals surface area contributed by atoms with Gasteiger partial charge in [-0.15, -0.1) is 0 Å². The van der Waals surface area contributed by atoms with E-state index in [2.05, 4.69) is 5.32 Å². The van der Waals surface area contributed by atoms with Crippen LogP contribution in [0.3, 0.4) is 0 Å². The Kier molecular flexibility index (Phi) is 11.3. The molecule has 0 fully saturated rings. The van der Waals surface area contributed by atoms with E-state index in [1.165, 1.54) is 9.21 Å². The molecule has 1 atom stereocenters. The number of carbonyl (C=O) groups excluding carboxylic acids is 2. The first-order valence-electron chi connectivity index (χ1n) is 11.6. The van der Waals surface area contributed by atoms with Gasteiger partial charge in [0.25, 0.3) is 0 Å². The van der Waals surface area contributed by atoms with E-state index in [1.54, 1.807) is 43.3 Å². The zero-order chi connectivity index (χ0) is 27.0. The molecule has 0 saturated carbocycles. The van der Waals surface area contributed by atoms with Crippen LogP contribution >= 0.6 is 34.8 Å². The molecule has 2 rings (SSSR count). The van der Waals surface area contributed by atoms with Crippen LogP contribution in [-0.4, -0.2) is 50.5 Å². The summed E-state index contributed by atoms with van der Waals surface area (Å²) in [6, 6.07) is 9.32. The van der Waals surface area contributed by atoms with Crippen molar-refractivity contribution in [3.8, 4) is 0 Å². The van der Waals surface area contributed by atoms with E-state index in [1.807, 2.05) is 13.8 Å². The molecule has 36 heavy (non-hydrogen) atoms. The molecular formula is C25H32Cl3N3O4S. The van der Waals surface area contributed by atoms with Crippen LogP contribution in [0.15, 0.2) is 36.4 Å². The molecule has 1 N–H and O–H groups in total. The van der Waals surface area contributed by atoms with Crippen molar-refractivity contribution in [2.75, 3.05) is 23.7 Å². The summed E-state index contributed by atoms with van der Waals surface area (Å²) in [5.74, 6) is -0.541. The quantitative estimate of drug-likeness (QED) is 0.364. The number of amides is 2. The number of hydrogen-bond donors (Lipinski definition) is 1. The van der Waals surface area contributed by atoms with Gasteiger partial charge in [-0.25, -0.2) is 8.42 Å². The van der Waals surface area contributed by atoms with E-state index < -0.39 is 16.1 Å². The van der Waals surface area contributed by atoms with Gasteiger partial charge in [-0.3, -0.25) is 13.9 Å². The lowest BCUT2D eigenvalue weighted by Crippen LogP contribution is -2.49. The van der Waals surface area contributed by atoms with Gasteiger partial charge >= 0.3 is 0 Å². The standard InChI is InChI=1S/C25H32Cl3N3O4S/c1-5-22(25(33)29-6-2)30(16-18-10-12-19(26)14-21(18)28)24(32)8-7-13-31(36(4,34)35)23-15-20(27)11-9-17(23)3/h9-12,14-15,22H,5-8,13,16H2,1-4H3,(H,29,33). The lowest BCUT2D eigenvalue weighted by atomic mass is 10.1. The molecule has 2 aromatic rings. The largest absolute Gasteiger partial charge is 0.355 e. The number of halogens is 3. The zero-order valence-electron chi connectivity index (χ0n) is 20.9. The number of nitrogens with one attached hydrogen (secondary N) is 1. The molecule has 1 unspecified atom stereocenters. The van der Waals surface area contributed by atoms with Crippen molar-refractivity contribution < 1.29 is 18.0 Å². The van der Waals surface area contributed by atoms with Gasteiger partial charge in [-0.05, 0) is 62.1 Å². The van der Waals surface area contributed by atoms with Gasteiger partial charge in [0.15, 0.2) is 0 Å². The molecule has 198 valence electrons. The summed E-state index contributed by atoms with van der Waals surface area (Å²) < 4.78 is 26.3. The first-order chi connectivity index (χ1) is 16.9. The number of sulfonamides is 1. The fraction of sp³-hybridized carbons (Fsp3) is 0.440. The highest BCUT2D eigenvalue weighted by Gasteiger charge is 2.29. The molecule has 0 aliphatic rings. The number of nitrogens with zero attached hydrogens (tertiary/aromatic N) is 2. The second-order valence-electron chi connectivity index (χ2n) is 8.45. The Hall–Kier alpha value is -2.00. The third kappa shape index (κ3) is 8.26. The van der Waals surface area contributed by atoms with Crippen molar-refractivity contribution in [2.24, 2.45) is 0 Å². The fourth-order valence-corrected chi connectivity index (χ4v) is 5.53. The number of hydrogen-bond acceptors (Lipinski definition) is 4. The van der Waals surface area contributed by atoms with Crippen molar-refractivity contribution >= 4 is 62.3 Å². The number of aryl methyl sites for hydroxylation is 1. The highest BCUT2D eigenvalue weighted by atomic mass is 35.5. The lowest BCUT2D eigenvalue weighted by molar-refractivity contribution is -0.141. The minimum atomic E-state index is -3.62. The van der Waals surface area contributed by atoms with E-state index in [0.29, 0.717) is 39.3 Å². The Morgan fingerprint density at radius 3 is 2.25 bits per heavy atom. The Morgan fingerprint density at radius 1 is 1.03 bits per heavy atom. The second kappa shape index (κ2) is 13.5. The van der Waals surface area contributed by atoms with Crippen molar-refractivity contribution in [2.45, 2.75) is 52.6 Å². The highest BCUT2D eigenvalue weighted by molar-refractivity contribution is 7.92. The Balaban J connectivity index is 2.27. The van der Waals surface area contributed by atoms with Gasteiger partial charge in [0, 0.05) is 41.1 Å². The topological polar surface area (TPSA) is 86.8 Å². The molecule has 0 saturated heterocycles. The highest BCUT2D eigenvalue weighted by Crippen LogP contribution is 2.27. The van der Waals surface area contributed by atoms with Crippen LogP contribution in [0.25, 0.3) is 0 Å². The summed E-state index contributed by atoms with van der Waals surface area (Å²) >= 11 is 18.5. The van der Waals surface area contributed by atoms with Crippen molar-refractivity contribution in [1.29, 1.82) is 0 Å². The first kappa shape index (κ1) is 30.2. The Bertz CT molecular complexity index is 1190. The Labute approximate surface area is 228 Å². The lowest BCUT2D eigenvalue weighted by Gasteiger charge is -2.31. The summed E-state index contributed by atoms with van der Waals surface area (Å²) in [4.78, 5) is 27.7. The fourth-order valence-electron chi connectivity index (χ4n) is 3.88. The summed E-state index contributed by atoms with van der Waals surface area (Å²) in [7, 11) is -3.62. The molecule has 0 heterocycles. The van der Waals surface area contributed by atoms with E-state index >= 15 is 0 Å². The van der Waals surface area contributed by atoms with Crippen LogP contribution in [0.5, 0.6) is 0 Å². The third-order valence-electron chi connectivity index (χ3n) is 5.68. The number of benzene rings is 2. The molecule has 11 heteroatoms. The maximum atomic E-state index is 13.4. The molecule has 0 aliphatic heterocycles. The van der Waals surface area contributed by atoms with Gasteiger partial charge in [0.2, 0.25) is 21.8 Å². The average Bonchev–Trinajstić information content (AvgIpc) is 2.79. The number of rotatable bonds is 12. The minimum absolute atomic E-state index is 0.0345. The van der Waals surface area contributed by atoms with Crippen LogP contribution < -0.4 is 9.62 Å². The third-order valence-corrected chi connectivity index (χ3v) is 7.69. The van der Waals surface area contributed by atoms with Gasteiger partial charge in [0.05, 0.1) is 11.9 Å². The predicted molar refractivity (Wildman–Crippen MR) is 147 cm³/mol. The van der Waals surface area contributed by atoms with Crippen LogP contribution in [0.1, 0.15) is 44.2 Å². The van der Waals surface area contributed by atoms with E-state index in [-0.39, 0.29) is 37.7 Å². The van der Waals surface area contributed by atoms with Gasteiger partial charge in [0.1, 0.15) is 6.04 Å². The van der Waals surface area contributed by atoms with Crippen molar-refractivity contribution in [3.63, 3.8) is 0 Å². The Morgan fingerprint density at radius 2 is 1.67 bits per heavy atom.